The molecule has 138 valence electrons. The van der Waals surface area contributed by atoms with Crippen LogP contribution in [0, 0.1) is 6.92 Å². The van der Waals surface area contributed by atoms with E-state index in [0.717, 1.165) is 16.5 Å². The van der Waals surface area contributed by atoms with Crippen LogP contribution >= 0.6 is 11.5 Å². The molecule has 0 aliphatic carbocycles. The summed E-state index contributed by atoms with van der Waals surface area (Å²) >= 11 is 1.22. The molecule has 0 atom stereocenters. The number of hydrogen-bond acceptors (Lipinski definition) is 4. The van der Waals surface area contributed by atoms with Gasteiger partial charge in [-0.15, -0.1) is 0 Å². The quantitative estimate of drug-likeness (QED) is 0.483. The molecule has 4 rings (SSSR count). The SMILES string of the molecule is Cc1nsc2[nH]cc(C(=O)Nc3cc4[nH]ccc4cc3C(C)(C)C)c(=O)c12. The van der Waals surface area contributed by atoms with E-state index in [4.69, 9.17) is 0 Å². The lowest BCUT2D eigenvalue weighted by molar-refractivity contribution is 0.102. The molecule has 0 aliphatic heterocycles. The van der Waals surface area contributed by atoms with Gasteiger partial charge in [-0.2, -0.15) is 4.37 Å². The van der Waals surface area contributed by atoms with Gasteiger partial charge < -0.3 is 15.3 Å². The van der Waals surface area contributed by atoms with Crippen LogP contribution in [-0.4, -0.2) is 20.2 Å². The molecule has 0 bridgehead atoms. The number of aromatic nitrogens is 3. The summed E-state index contributed by atoms with van der Waals surface area (Å²) in [6.45, 7) is 8.05. The number of hydrogen-bond donors (Lipinski definition) is 3. The number of H-pyrrole nitrogens is 2. The van der Waals surface area contributed by atoms with Crippen LogP contribution in [0.1, 0.15) is 42.4 Å². The summed E-state index contributed by atoms with van der Waals surface area (Å²) in [5, 5.41) is 4.49. The average Bonchev–Trinajstić information content (AvgIpc) is 3.20. The normalized spacial score (nSPS) is 12.0. The zero-order valence-corrected chi connectivity index (χ0v) is 16.4. The summed E-state index contributed by atoms with van der Waals surface area (Å²) in [6.07, 6.45) is 3.33. The Morgan fingerprint density at radius 2 is 2.00 bits per heavy atom. The molecule has 0 spiro atoms. The molecule has 0 saturated heterocycles. The maximum Gasteiger partial charge on any atom is 0.261 e. The third-order valence-electron chi connectivity index (χ3n) is 4.67. The van der Waals surface area contributed by atoms with E-state index >= 15 is 0 Å². The fourth-order valence-electron chi connectivity index (χ4n) is 3.26. The van der Waals surface area contributed by atoms with Crippen molar-refractivity contribution in [1.82, 2.24) is 14.3 Å². The standard InChI is InChI=1S/C20H20N4O2S/c1-10-16-17(25)12(9-22-19(16)27-24-10)18(26)23-15-8-14-11(5-6-21-14)7-13(15)20(2,3)4/h5-9,21H,1-4H3,(H,22,25)(H,23,26). The Balaban J connectivity index is 1.80. The molecule has 4 aromatic rings. The smallest absolute Gasteiger partial charge is 0.261 e. The number of carbonyl (C=O) groups is 1. The second-order valence-electron chi connectivity index (χ2n) is 7.67. The third-order valence-corrected chi connectivity index (χ3v) is 5.54. The van der Waals surface area contributed by atoms with E-state index in [0.29, 0.717) is 21.6 Å². The summed E-state index contributed by atoms with van der Waals surface area (Å²) in [5.74, 6) is -0.430. The fourth-order valence-corrected chi connectivity index (χ4v) is 4.02. The first-order valence-corrected chi connectivity index (χ1v) is 9.43. The predicted molar refractivity (Wildman–Crippen MR) is 110 cm³/mol. The maximum absolute atomic E-state index is 12.9. The number of fused-ring (bicyclic) bond motifs is 2. The molecule has 3 aromatic heterocycles. The highest BCUT2D eigenvalue weighted by Crippen LogP contribution is 2.33. The van der Waals surface area contributed by atoms with Gasteiger partial charge in [0.2, 0.25) is 5.43 Å². The van der Waals surface area contributed by atoms with Crippen LogP contribution in [0.5, 0.6) is 0 Å². The molecule has 0 unspecified atom stereocenters. The van der Waals surface area contributed by atoms with Gasteiger partial charge in [0.1, 0.15) is 10.4 Å². The number of nitrogens with one attached hydrogen (secondary N) is 3. The van der Waals surface area contributed by atoms with Gasteiger partial charge in [-0.25, -0.2) is 0 Å². The summed E-state index contributed by atoms with van der Waals surface area (Å²) in [7, 11) is 0. The van der Waals surface area contributed by atoms with Gasteiger partial charge in [0.05, 0.1) is 11.1 Å². The number of rotatable bonds is 2. The first-order valence-electron chi connectivity index (χ1n) is 8.66. The Bertz CT molecular complexity index is 1240. The molecule has 6 nitrogen and oxygen atoms in total. The number of anilines is 1. The summed E-state index contributed by atoms with van der Waals surface area (Å²) < 4.78 is 4.19. The first kappa shape index (κ1) is 17.5. The van der Waals surface area contributed by atoms with Crippen molar-refractivity contribution in [2.75, 3.05) is 5.32 Å². The Morgan fingerprint density at radius 1 is 1.22 bits per heavy atom. The van der Waals surface area contributed by atoms with E-state index < -0.39 is 5.91 Å². The highest BCUT2D eigenvalue weighted by Gasteiger charge is 2.22. The van der Waals surface area contributed by atoms with E-state index in [2.05, 4.69) is 46.5 Å². The van der Waals surface area contributed by atoms with Gasteiger partial charge in [0.25, 0.3) is 5.91 Å². The minimum atomic E-state index is -0.430. The number of amides is 1. The largest absolute Gasteiger partial charge is 0.361 e. The Kier molecular flexibility index (Phi) is 3.92. The molecule has 0 fully saturated rings. The lowest BCUT2D eigenvalue weighted by Crippen LogP contribution is -2.24. The van der Waals surface area contributed by atoms with Crippen LogP contribution in [0.2, 0.25) is 0 Å². The number of nitrogens with zero attached hydrogens (tertiary/aromatic N) is 1. The minimum Gasteiger partial charge on any atom is -0.361 e. The van der Waals surface area contributed by atoms with E-state index in [-0.39, 0.29) is 16.4 Å². The fraction of sp³-hybridized carbons (Fsp3) is 0.250. The molecule has 0 saturated carbocycles. The summed E-state index contributed by atoms with van der Waals surface area (Å²) in [5.41, 5.74) is 2.88. The van der Waals surface area contributed by atoms with Crippen molar-refractivity contribution in [2.24, 2.45) is 0 Å². The van der Waals surface area contributed by atoms with Gasteiger partial charge in [-0.05, 0) is 53.0 Å². The van der Waals surface area contributed by atoms with Crippen LogP contribution in [-0.2, 0) is 5.41 Å². The molecule has 0 radical (unpaired) electrons. The Labute approximate surface area is 159 Å². The molecular weight excluding hydrogens is 360 g/mol. The summed E-state index contributed by atoms with van der Waals surface area (Å²) in [4.78, 5) is 32.5. The number of aryl methyl sites for hydroxylation is 1. The zero-order valence-electron chi connectivity index (χ0n) is 15.6. The highest BCUT2D eigenvalue weighted by atomic mass is 32.1. The molecule has 3 heterocycles. The van der Waals surface area contributed by atoms with Crippen molar-refractivity contribution in [1.29, 1.82) is 0 Å². The van der Waals surface area contributed by atoms with Crippen molar-refractivity contribution in [3.63, 3.8) is 0 Å². The average molecular weight is 380 g/mol. The molecule has 1 amide bonds. The van der Waals surface area contributed by atoms with Crippen LogP contribution in [0.4, 0.5) is 5.69 Å². The van der Waals surface area contributed by atoms with Crippen LogP contribution in [0.25, 0.3) is 21.1 Å². The first-order chi connectivity index (χ1) is 12.8. The van der Waals surface area contributed by atoms with Crippen molar-refractivity contribution < 1.29 is 4.79 Å². The molecule has 0 aliphatic rings. The van der Waals surface area contributed by atoms with E-state index in [1.807, 2.05) is 18.3 Å². The number of aromatic amines is 2. The van der Waals surface area contributed by atoms with Crippen molar-refractivity contribution in [3.8, 4) is 0 Å². The lowest BCUT2D eigenvalue weighted by Gasteiger charge is -2.23. The minimum absolute atomic E-state index is 0.0808. The molecule has 3 N–H and O–H groups in total. The highest BCUT2D eigenvalue weighted by molar-refractivity contribution is 7.12. The third kappa shape index (κ3) is 2.94. The Hall–Kier alpha value is -2.93. The predicted octanol–water partition coefficient (Wildman–Crippen LogP) is 4.32. The molecule has 1 aromatic carbocycles. The molecule has 27 heavy (non-hydrogen) atoms. The second kappa shape index (κ2) is 6.06. The van der Waals surface area contributed by atoms with E-state index in [1.165, 1.54) is 17.7 Å². The number of benzene rings is 1. The number of carbonyl (C=O) groups excluding carboxylic acids is 1. The van der Waals surface area contributed by atoms with Crippen LogP contribution < -0.4 is 10.7 Å². The van der Waals surface area contributed by atoms with Gasteiger partial charge in [-0.3, -0.25) is 9.59 Å². The maximum atomic E-state index is 12.9. The van der Waals surface area contributed by atoms with Crippen molar-refractivity contribution >= 4 is 44.2 Å². The van der Waals surface area contributed by atoms with E-state index in [1.54, 1.807) is 6.92 Å². The monoisotopic (exact) mass is 380 g/mol. The molecule has 7 heteroatoms. The van der Waals surface area contributed by atoms with Crippen molar-refractivity contribution in [2.45, 2.75) is 33.1 Å². The Morgan fingerprint density at radius 3 is 2.74 bits per heavy atom. The van der Waals surface area contributed by atoms with Gasteiger partial charge in [0.15, 0.2) is 0 Å². The van der Waals surface area contributed by atoms with Gasteiger partial charge in [-0.1, -0.05) is 20.8 Å². The van der Waals surface area contributed by atoms with Gasteiger partial charge >= 0.3 is 0 Å². The van der Waals surface area contributed by atoms with E-state index in [9.17, 15) is 9.59 Å². The summed E-state index contributed by atoms with van der Waals surface area (Å²) in [6, 6.07) is 5.99. The van der Waals surface area contributed by atoms with Crippen molar-refractivity contribution in [3.05, 3.63) is 57.6 Å². The zero-order chi connectivity index (χ0) is 19.3. The number of pyridine rings is 1. The van der Waals surface area contributed by atoms with Crippen LogP contribution in [0.15, 0.2) is 35.4 Å². The topological polar surface area (TPSA) is 90.6 Å². The molecular formula is C20H20N4O2S. The lowest BCUT2D eigenvalue weighted by atomic mass is 9.85. The van der Waals surface area contributed by atoms with Crippen LogP contribution in [0.3, 0.4) is 0 Å². The van der Waals surface area contributed by atoms with Gasteiger partial charge in [0, 0.05) is 23.6 Å². The second-order valence-corrected chi connectivity index (χ2v) is 8.44.